The van der Waals surface area contributed by atoms with Gasteiger partial charge in [0.1, 0.15) is 5.76 Å². The van der Waals surface area contributed by atoms with E-state index >= 15 is 0 Å². The van der Waals surface area contributed by atoms with Gasteiger partial charge in [-0.05, 0) is 59.9 Å². The zero-order valence-corrected chi connectivity index (χ0v) is 16.5. The minimum Gasteiger partial charge on any atom is -0.450 e. The van der Waals surface area contributed by atoms with Crippen molar-refractivity contribution in [2.75, 3.05) is 4.90 Å². The van der Waals surface area contributed by atoms with Gasteiger partial charge in [-0.1, -0.05) is 30.3 Å². The molecule has 0 bridgehead atoms. The molecule has 0 aliphatic carbocycles. The SMILES string of the molecule is O=C1SC(=Cc2ccc(Sc3nc4ccccc4[nH]3)o2)C(=O)N1c1ccccc1. The Bertz CT molecular complexity index is 1230. The molecule has 6 nitrogen and oxygen atoms in total. The fourth-order valence-corrected chi connectivity index (χ4v) is 4.53. The summed E-state index contributed by atoms with van der Waals surface area (Å²) in [6, 6.07) is 20.2. The molecule has 142 valence electrons. The Kier molecular flexibility index (Phi) is 4.49. The van der Waals surface area contributed by atoms with Crippen LogP contribution in [-0.4, -0.2) is 21.1 Å². The van der Waals surface area contributed by atoms with Crippen LogP contribution < -0.4 is 4.90 Å². The third-order valence-electron chi connectivity index (χ3n) is 4.25. The molecule has 1 fully saturated rings. The molecule has 5 rings (SSSR count). The molecule has 4 aromatic rings. The van der Waals surface area contributed by atoms with E-state index in [0.29, 0.717) is 21.4 Å². The highest BCUT2D eigenvalue weighted by atomic mass is 32.2. The number of carbonyl (C=O) groups excluding carboxylic acids is 2. The van der Waals surface area contributed by atoms with Gasteiger partial charge < -0.3 is 9.40 Å². The van der Waals surface area contributed by atoms with Crippen molar-refractivity contribution in [2.24, 2.45) is 0 Å². The first-order valence-corrected chi connectivity index (χ1v) is 10.4. The number of thioether (sulfide) groups is 1. The number of para-hydroxylation sites is 3. The van der Waals surface area contributed by atoms with Crippen LogP contribution in [0.1, 0.15) is 5.76 Å². The van der Waals surface area contributed by atoms with Gasteiger partial charge in [0.15, 0.2) is 10.2 Å². The van der Waals surface area contributed by atoms with Crippen molar-refractivity contribution < 1.29 is 14.0 Å². The van der Waals surface area contributed by atoms with E-state index in [1.54, 1.807) is 36.4 Å². The number of rotatable bonds is 4. The van der Waals surface area contributed by atoms with Gasteiger partial charge in [0.25, 0.3) is 11.1 Å². The predicted octanol–water partition coefficient (Wildman–Crippen LogP) is 5.55. The molecule has 1 saturated heterocycles. The molecule has 2 aromatic heterocycles. The van der Waals surface area contributed by atoms with E-state index in [2.05, 4.69) is 9.97 Å². The highest BCUT2D eigenvalue weighted by Crippen LogP contribution is 2.36. The number of amides is 2. The zero-order chi connectivity index (χ0) is 19.8. The van der Waals surface area contributed by atoms with Gasteiger partial charge >= 0.3 is 0 Å². The van der Waals surface area contributed by atoms with Crippen LogP contribution in [0.4, 0.5) is 10.5 Å². The summed E-state index contributed by atoms with van der Waals surface area (Å²) < 4.78 is 5.80. The molecule has 1 aliphatic rings. The van der Waals surface area contributed by atoms with E-state index in [0.717, 1.165) is 28.0 Å². The number of anilines is 1. The molecule has 29 heavy (non-hydrogen) atoms. The van der Waals surface area contributed by atoms with Gasteiger partial charge in [0, 0.05) is 6.08 Å². The normalized spacial score (nSPS) is 15.7. The number of aromatic nitrogens is 2. The smallest absolute Gasteiger partial charge is 0.298 e. The number of aromatic amines is 1. The first kappa shape index (κ1) is 17.8. The van der Waals surface area contributed by atoms with Crippen molar-refractivity contribution in [3.8, 4) is 0 Å². The van der Waals surface area contributed by atoms with E-state index < -0.39 is 0 Å². The predicted molar refractivity (Wildman–Crippen MR) is 114 cm³/mol. The van der Waals surface area contributed by atoms with Crippen LogP contribution in [-0.2, 0) is 4.79 Å². The molecule has 1 N–H and O–H groups in total. The zero-order valence-electron chi connectivity index (χ0n) is 14.9. The van der Waals surface area contributed by atoms with Crippen LogP contribution in [0.2, 0.25) is 0 Å². The summed E-state index contributed by atoms with van der Waals surface area (Å²) in [5, 5.41) is 1.03. The minimum absolute atomic E-state index is 0.323. The first-order valence-electron chi connectivity index (χ1n) is 8.73. The van der Waals surface area contributed by atoms with E-state index in [1.165, 1.54) is 16.7 Å². The first-order chi connectivity index (χ1) is 14.2. The Labute approximate surface area is 174 Å². The average Bonchev–Trinajstić information content (AvgIpc) is 3.41. The molecule has 0 spiro atoms. The topological polar surface area (TPSA) is 79.2 Å². The highest BCUT2D eigenvalue weighted by Gasteiger charge is 2.36. The van der Waals surface area contributed by atoms with E-state index in [4.69, 9.17) is 4.42 Å². The molecule has 1 aliphatic heterocycles. The second kappa shape index (κ2) is 7.31. The lowest BCUT2D eigenvalue weighted by Crippen LogP contribution is -2.27. The Balaban J connectivity index is 1.36. The quantitative estimate of drug-likeness (QED) is 0.437. The summed E-state index contributed by atoms with van der Waals surface area (Å²) in [4.78, 5) is 34.2. The van der Waals surface area contributed by atoms with E-state index in [-0.39, 0.29) is 11.1 Å². The Morgan fingerprint density at radius 3 is 2.62 bits per heavy atom. The number of fused-ring (bicyclic) bond motifs is 1. The largest absolute Gasteiger partial charge is 0.450 e. The molecular weight excluding hydrogens is 406 g/mol. The number of furan rings is 1. The van der Waals surface area contributed by atoms with Gasteiger partial charge in [0.2, 0.25) is 0 Å². The number of benzene rings is 2. The fourth-order valence-electron chi connectivity index (χ4n) is 2.94. The Hall–Kier alpha value is -3.23. The van der Waals surface area contributed by atoms with Crippen LogP contribution in [0.15, 0.2) is 86.3 Å². The molecule has 8 heteroatoms. The lowest BCUT2D eigenvalue weighted by molar-refractivity contribution is -0.113. The van der Waals surface area contributed by atoms with Gasteiger partial charge in [0.05, 0.1) is 21.6 Å². The fraction of sp³-hybridized carbons (Fsp3) is 0. The summed E-state index contributed by atoms with van der Waals surface area (Å²) in [6.07, 6.45) is 1.59. The van der Waals surface area contributed by atoms with Crippen molar-refractivity contribution in [1.82, 2.24) is 9.97 Å². The molecular formula is C21H13N3O3S2. The second-order valence-corrected chi connectivity index (χ2v) is 8.16. The summed E-state index contributed by atoms with van der Waals surface area (Å²) in [5.41, 5.74) is 2.40. The van der Waals surface area contributed by atoms with E-state index in [9.17, 15) is 9.59 Å². The standard InChI is InChI=1S/C21H13N3O3S2/c25-19-17(28-21(26)24(19)13-6-2-1-3-7-13)12-14-10-11-18(27-14)29-20-22-15-8-4-5-9-16(15)23-20/h1-12H,(H,22,23). The highest BCUT2D eigenvalue weighted by molar-refractivity contribution is 8.19. The molecule has 0 radical (unpaired) electrons. The number of hydrogen-bond donors (Lipinski definition) is 1. The maximum Gasteiger partial charge on any atom is 0.298 e. The third-order valence-corrected chi connectivity index (χ3v) is 5.93. The number of imidazole rings is 1. The van der Waals surface area contributed by atoms with Crippen molar-refractivity contribution >= 4 is 57.5 Å². The van der Waals surface area contributed by atoms with Crippen LogP contribution >= 0.6 is 23.5 Å². The van der Waals surface area contributed by atoms with Crippen molar-refractivity contribution in [1.29, 1.82) is 0 Å². The monoisotopic (exact) mass is 419 g/mol. The van der Waals surface area contributed by atoms with Gasteiger partial charge in [-0.25, -0.2) is 9.88 Å². The Morgan fingerprint density at radius 1 is 1.00 bits per heavy atom. The Morgan fingerprint density at radius 2 is 1.79 bits per heavy atom. The van der Waals surface area contributed by atoms with Gasteiger partial charge in [-0.15, -0.1) is 0 Å². The molecule has 0 saturated carbocycles. The number of nitrogens with one attached hydrogen (secondary N) is 1. The molecule has 0 atom stereocenters. The molecule has 0 unspecified atom stereocenters. The van der Waals surface area contributed by atoms with Gasteiger partial charge in [-0.3, -0.25) is 9.59 Å². The summed E-state index contributed by atoms with van der Waals surface area (Å²) in [5.74, 6) is 0.149. The number of nitrogens with zero attached hydrogens (tertiary/aromatic N) is 2. The minimum atomic E-state index is -0.353. The average molecular weight is 419 g/mol. The maximum atomic E-state index is 12.7. The number of carbonyl (C=O) groups is 2. The van der Waals surface area contributed by atoms with Crippen LogP contribution in [0.25, 0.3) is 17.1 Å². The molecule has 3 heterocycles. The lowest BCUT2D eigenvalue weighted by atomic mass is 10.3. The van der Waals surface area contributed by atoms with Crippen LogP contribution in [0, 0.1) is 0 Å². The number of hydrogen-bond acceptors (Lipinski definition) is 6. The van der Waals surface area contributed by atoms with Crippen LogP contribution in [0.5, 0.6) is 0 Å². The van der Waals surface area contributed by atoms with Crippen LogP contribution in [0.3, 0.4) is 0 Å². The summed E-state index contributed by atoms with van der Waals surface area (Å²) >= 11 is 2.26. The van der Waals surface area contributed by atoms with Crippen molar-refractivity contribution in [3.05, 3.63) is 77.4 Å². The lowest BCUT2D eigenvalue weighted by Gasteiger charge is -2.11. The molecule has 2 amide bonds. The van der Waals surface area contributed by atoms with Crippen molar-refractivity contribution in [2.45, 2.75) is 10.2 Å². The van der Waals surface area contributed by atoms with Gasteiger partial charge in [-0.2, -0.15) is 0 Å². The van der Waals surface area contributed by atoms with E-state index in [1.807, 2.05) is 36.4 Å². The summed E-state index contributed by atoms with van der Waals surface area (Å²) in [6.45, 7) is 0. The molecule has 2 aromatic carbocycles. The second-order valence-electron chi connectivity index (χ2n) is 6.17. The van der Waals surface area contributed by atoms with Crippen molar-refractivity contribution in [3.63, 3.8) is 0 Å². The number of H-pyrrole nitrogens is 1. The third kappa shape index (κ3) is 3.48. The summed E-state index contributed by atoms with van der Waals surface area (Å²) in [7, 11) is 0. The number of imide groups is 1. The maximum absolute atomic E-state index is 12.7.